The lowest BCUT2D eigenvalue weighted by Gasteiger charge is -2.28. The molecule has 2 aromatic carbocycles. The largest absolute Gasteiger partial charge is 0.367 e. The van der Waals surface area contributed by atoms with Gasteiger partial charge in [0.05, 0.1) is 0 Å². The van der Waals surface area contributed by atoms with Gasteiger partial charge < -0.3 is 15.1 Å². The van der Waals surface area contributed by atoms with Gasteiger partial charge in [0.2, 0.25) is 0 Å². The third kappa shape index (κ3) is 5.44. The van der Waals surface area contributed by atoms with Crippen molar-refractivity contribution >= 4 is 5.91 Å². The summed E-state index contributed by atoms with van der Waals surface area (Å²) in [6.45, 7) is 4.07. The van der Waals surface area contributed by atoms with Crippen molar-refractivity contribution in [3.8, 4) is 6.07 Å². The molecular weight excluding hydrogens is 336 g/mol. The molecule has 0 unspecified atom stereocenters. The Kier molecular flexibility index (Phi) is 6.61. The smallest absolute Gasteiger partial charge is 0.266 e. The molecule has 1 heterocycles. The zero-order chi connectivity index (χ0) is 18.9. The van der Waals surface area contributed by atoms with Crippen molar-refractivity contribution in [2.75, 3.05) is 26.2 Å². The molecule has 3 rings (SSSR count). The SMILES string of the molecule is N#C/C(=C/N(Cc1ccccc1)Cc1ccccc1)C(=O)N1CCNCC1. The van der Waals surface area contributed by atoms with Crippen molar-refractivity contribution in [3.05, 3.63) is 83.6 Å². The second-order valence-electron chi connectivity index (χ2n) is 6.57. The first-order valence-electron chi connectivity index (χ1n) is 9.20. The van der Waals surface area contributed by atoms with E-state index >= 15 is 0 Å². The first kappa shape index (κ1) is 18.7. The molecule has 0 radical (unpaired) electrons. The van der Waals surface area contributed by atoms with Crippen molar-refractivity contribution in [2.24, 2.45) is 0 Å². The number of carbonyl (C=O) groups excluding carboxylic acids is 1. The minimum absolute atomic E-state index is 0.184. The van der Waals surface area contributed by atoms with Crippen LogP contribution in [0, 0.1) is 11.3 Å². The average Bonchev–Trinajstić information content (AvgIpc) is 2.73. The zero-order valence-corrected chi connectivity index (χ0v) is 15.3. The van der Waals surface area contributed by atoms with E-state index in [1.165, 1.54) is 0 Å². The highest BCUT2D eigenvalue weighted by atomic mass is 16.2. The van der Waals surface area contributed by atoms with Gasteiger partial charge >= 0.3 is 0 Å². The highest BCUT2D eigenvalue weighted by Crippen LogP contribution is 2.13. The maximum absolute atomic E-state index is 12.8. The van der Waals surface area contributed by atoms with Gasteiger partial charge in [-0.05, 0) is 11.1 Å². The number of nitrogens with zero attached hydrogens (tertiary/aromatic N) is 3. The molecule has 0 spiro atoms. The predicted octanol–water partition coefficient (Wildman–Crippen LogP) is 2.53. The maximum Gasteiger partial charge on any atom is 0.266 e. The molecule has 1 aliphatic heterocycles. The van der Waals surface area contributed by atoms with Crippen molar-refractivity contribution < 1.29 is 4.79 Å². The highest BCUT2D eigenvalue weighted by Gasteiger charge is 2.21. The number of benzene rings is 2. The molecule has 0 aliphatic carbocycles. The summed E-state index contributed by atoms with van der Waals surface area (Å²) in [7, 11) is 0. The van der Waals surface area contributed by atoms with E-state index in [1.54, 1.807) is 11.1 Å². The van der Waals surface area contributed by atoms with Crippen LogP contribution in [0.15, 0.2) is 72.4 Å². The topological polar surface area (TPSA) is 59.4 Å². The van der Waals surface area contributed by atoms with E-state index in [-0.39, 0.29) is 11.5 Å². The predicted molar refractivity (Wildman–Crippen MR) is 105 cm³/mol. The Hall–Kier alpha value is -3.10. The fraction of sp³-hybridized carbons (Fsp3) is 0.273. The summed E-state index contributed by atoms with van der Waals surface area (Å²) < 4.78 is 0. The Bertz CT molecular complexity index is 764. The van der Waals surface area contributed by atoms with Gasteiger partial charge in [0.25, 0.3) is 5.91 Å². The van der Waals surface area contributed by atoms with E-state index in [0.29, 0.717) is 26.2 Å². The van der Waals surface area contributed by atoms with Crippen LogP contribution in [0.4, 0.5) is 0 Å². The number of piperazine rings is 1. The van der Waals surface area contributed by atoms with Crippen LogP contribution < -0.4 is 5.32 Å². The van der Waals surface area contributed by atoms with Gasteiger partial charge in [0, 0.05) is 45.5 Å². The fourth-order valence-corrected chi connectivity index (χ4v) is 3.14. The van der Waals surface area contributed by atoms with E-state index in [0.717, 1.165) is 24.2 Å². The van der Waals surface area contributed by atoms with Crippen molar-refractivity contribution in [1.29, 1.82) is 5.26 Å². The molecule has 5 heteroatoms. The summed E-state index contributed by atoms with van der Waals surface area (Å²) in [5.74, 6) is -0.190. The molecule has 1 saturated heterocycles. The van der Waals surface area contributed by atoms with Crippen LogP contribution in [0.2, 0.25) is 0 Å². The number of hydrogen-bond donors (Lipinski definition) is 1. The lowest BCUT2D eigenvalue weighted by Crippen LogP contribution is -2.47. The van der Waals surface area contributed by atoms with Crippen molar-refractivity contribution in [2.45, 2.75) is 13.1 Å². The van der Waals surface area contributed by atoms with E-state index in [4.69, 9.17) is 0 Å². The standard InChI is InChI=1S/C22H24N4O/c23-15-21(22(27)26-13-11-24-12-14-26)18-25(16-19-7-3-1-4-8-19)17-20-9-5-2-6-10-20/h1-10,18,24H,11-14,16-17H2/b21-18-. The van der Waals surface area contributed by atoms with Crippen LogP contribution in [-0.2, 0) is 17.9 Å². The van der Waals surface area contributed by atoms with Crippen molar-refractivity contribution in [3.63, 3.8) is 0 Å². The molecule has 2 aromatic rings. The summed E-state index contributed by atoms with van der Waals surface area (Å²) >= 11 is 0. The Morgan fingerprint density at radius 2 is 1.52 bits per heavy atom. The lowest BCUT2D eigenvalue weighted by atomic mass is 10.1. The zero-order valence-electron chi connectivity index (χ0n) is 15.3. The molecule has 1 fully saturated rings. The Labute approximate surface area is 160 Å². The second-order valence-corrected chi connectivity index (χ2v) is 6.57. The van der Waals surface area contributed by atoms with E-state index in [2.05, 4.69) is 35.7 Å². The maximum atomic E-state index is 12.8. The summed E-state index contributed by atoms with van der Waals surface area (Å²) in [5.41, 5.74) is 2.46. The van der Waals surface area contributed by atoms with E-state index in [1.807, 2.05) is 41.3 Å². The second kappa shape index (κ2) is 9.56. The average molecular weight is 360 g/mol. The molecule has 138 valence electrons. The Morgan fingerprint density at radius 3 is 2.00 bits per heavy atom. The van der Waals surface area contributed by atoms with Gasteiger partial charge in [-0.3, -0.25) is 4.79 Å². The van der Waals surface area contributed by atoms with Crippen molar-refractivity contribution in [1.82, 2.24) is 15.1 Å². The van der Waals surface area contributed by atoms with Gasteiger partial charge in [-0.1, -0.05) is 60.7 Å². The van der Waals surface area contributed by atoms with Gasteiger partial charge in [-0.15, -0.1) is 0 Å². The van der Waals surface area contributed by atoms with E-state index < -0.39 is 0 Å². The van der Waals surface area contributed by atoms with Crippen LogP contribution in [0.5, 0.6) is 0 Å². The summed E-state index contributed by atoms with van der Waals surface area (Å²) in [6, 6.07) is 22.3. The molecule has 1 aliphatic rings. The number of hydrogen-bond acceptors (Lipinski definition) is 4. The number of rotatable bonds is 6. The third-order valence-electron chi connectivity index (χ3n) is 4.52. The van der Waals surface area contributed by atoms with E-state index in [9.17, 15) is 10.1 Å². The molecule has 0 aromatic heterocycles. The quantitative estimate of drug-likeness (QED) is 0.635. The third-order valence-corrected chi connectivity index (χ3v) is 4.52. The first-order chi connectivity index (χ1) is 13.3. The summed E-state index contributed by atoms with van der Waals surface area (Å²) in [6.07, 6.45) is 1.71. The Balaban J connectivity index is 1.82. The van der Waals surface area contributed by atoms with Crippen LogP contribution in [-0.4, -0.2) is 41.9 Å². The minimum atomic E-state index is -0.190. The molecule has 27 heavy (non-hydrogen) atoms. The molecular formula is C22H24N4O. The van der Waals surface area contributed by atoms with Gasteiger partial charge in [0.1, 0.15) is 11.6 Å². The number of nitriles is 1. The number of carbonyl (C=O) groups is 1. The lowest BCUT2D eigenvalue weighted by molar-refractivity contribution is -0.127. The summed E-state index contributed by atoms with van der Waals surface area (Å²) in [5, 5.41) is 12.8. The highest BCUT2D eigenvalue weighted by molar-refractivity contribution is 5.97. The van der Waals surface area contributed by atoms with Gasteiger partial charge in [-0.2, -0.15) is 5.26 Å². The van der Waals surface area contributed by atoms with Crippen LogP contribution in [0.25, 0.3) is 0 Å². The van der Waals surface area contributed by atoms with Gasteiger partial charge in [-0.25, -0.2) is 0 Å². The van der Waals surface area contributed by atoms with Crippen LogP contribution in [0.3, 0.4) is 0 Å². The van der Waals surface area contributed by atoms with Crippen LogP contribution in [0.1, 0.15) is 11.1 Å². The number of nitrogens with one attached hydrogen (secondary N) is 1. The normalized spacial score (nSPS) is 14.5. The first-order valence-corrected chi connectivity index (χ1v) is 9.20. The number of amides is 1. The van der Waals surface area contributed by atoms with Crippen LogP contribution >= 0.6 is 0 Å². The van der Waals surface area contributed by atoms with Gasteiger partial charge in [0.15, 0.2) is 0 Å². The molecule has 0 bridgehead atoms. The molecule has 1 amide bonds. The molecule has 5 nitrogen and oxygen atoms in total. The molecule has 1 N–H and O–H groups in total. The molecule has 0 saturated carbocycles. The Morgan fingerprint density at radius 1 is 1.00 bits per heavy atom. The monoisotopic (exact) mass is 360 g/mol. The fourth-order valence-electron chi connectivity index (χ4n) is 3.14. The minimum Gasteiger partial charge on any atom is -0.367 e. The molecule has 0 atom stereocenters. The summed E-state index contributed by atoms with van der Waals surface area (Å²) in [4.78, 5) is 16.5.